The van der Waals surface area contributed by atoms with Crippen molar-refractivity contribution in [2.24, 2.45) is 0 Å². The zero-order chi connectivity index (χ0) is 12.3. The predicted molar refractivity (Wildman–Crippen MR) is 69.4 cm³/mol. The van der Waals surface area contributed by atoms with E-state index in [1.54, 1.807) is 6.08 Å². The number of carbonyl (C=O) groups is 1. The lowest BCUT2D eigenvalue weighted by Crippen LogP contribution is -2.36. The summed E-state index contributed by atoms with van der Waals surface area (Å²) in [6.45, 7) is 5.09. The number of amides is 1. The Morgan fingerprint density at radius 3 is 3.12 bits per heavy atom. The van der Waals surface area contributed by atoms with E-state index in [1.807, 2.05) is 17.0 Å². The Bertz CT molecular complexity index is 440. The van der Waals surface area contributed by atoms with Gasteiger partial charge in [0.1, 0.15) is 0 Å². The van der Waals surface area contributed by atoms with Crippen LogP contribution in [0.1, 0.15) is 24.0 Å². The van der Waals surface area contributed by atoms with Crippen LogP contribution in [0.4, 0.5) is 5.69 Å². The number of anilines is 1. The molecule has 1 aliphatic heterocycles. The summed E-state index contributed by atoms with van der Waals surface area (Å²) in [4.78, 5) is 13.8. The molecule has 1 aromatic carbocycles. The second-order valence-electron chi connectivity index (χ2n) is 4.38. The van der Waals surface area contributed by atoms with E-state index in [0.29, 0.717) is 13.0 Å². The van der Waals surface area contributed by atoms with E-state index in [9.17, 15) is 4.79 Å². The predicted octanol–water partition coefficient (Wildman–Crippen LogP) is 2.12. The summed E-state index contributed by atoms with van der Waals surface area (Å²) < 4.78 is 0. The number of carbonyl (C=O) groups excluding carboxylic acids is 1. The fraction of sp³-hybridized carbons (Fsp3) is 0.357. The lowest BCUT2D eigenvalue weighted by Gasteiger charge is -2.29. The smallest absolute Gasteiger partial charge is 0.223 e. The molecule has 0 unspecified atom stereocenters. The molecule has 17 heavy (non-hydrogen) atoms. The van der Waals surface area contributed by atoms with E-state index in [4.69, 9.17) is 5.73 Å². The first kappa shape index (κ1) is 11.7. The summed E-state index contributed by atoms with van der Waals surface area (Å²) >= 11 is 0. The van der Waals surface area contributed by atoms with Crippen LogP contribution < -0.4 is 5.73 Å². The number of nitrogen functional groups attached to an aromatic ring is 1. The molecule has 0 aromatic heterocycles. The van der Waals surface area contributed by atoms with Crippen molar-refractivity contribution in [3.8, 4) is 0 Å². The van der Waals surface area contributed by atoms with Crippen molar-refractivity contribution in [1.82, 2.24) is 4.90 Å². The lowest BCUT2D eigenvalue weighted by molar-refractivity contribution is -0.132. The second kappa shape index (κ2) is 5.04. The average molecular weight is 230 g/mol. The molecule has 2 N–H and O–H groups in total. The van der Waals surface area contributed by atoms with E-state index in [2.05, 4.69) is 12.6 Å². The summed E-state index contributed by atoms with van der Waals surface area (Å²) in [5.41, 5.74) is 9.14. The minimum absolute atomic E-state index is 0.193. The zero-order valence-electron chi connectivity index (χ0n) is 9.98. The molecule has 1 aliphatic rings. The van der Waals surface area contributed by atoms with Crippen molar-refractivity contribution in [3.63, 3.8) is 0 Å². The number of rotatable bonds is 3. The molecule has 0 saturated carbocycles. The molecule has 0 aliphatic carbocycles. The Kier molecular flexibility index (Phi) is 3.47. The molecule has 0 bridgehead atoms. The molecule has 3 nitrogen and oxygen atoms in total. The number of hydrogen-bond acceptors (Lipinski definition) is 2. The Hall–Kier alpha value is -1.77. The van der Waals surface area contributed by atoms with Gasteiger partial charge in [-0.15, -0.1) is 6.58 Å². The van der Waals surface area contributed by atoms with Gasteiger partial charge < -0.3 is 10.6 Å². The SMILES string of the molecule is C=CCCC(=O)N1CCc2cccc(N)c2C1. The van der Waals surface area contributed by atoms with Crippen LogP contribution in [0.25, 0.3) is 0 Å². The number of nitrogens with zero attached hydrogens (tertiary/aromatic N) is 1. The Labute approximate surface area is 102 Å². The third-order valence-corrected chi connectivity index (χ3v) is 3.22. The fourth-order valence-corrected chi connectivity index (χ4v) is 2.20. The topological polar surface area (TPSA) is 46.3 Å². The van der Waals surface area contributed by atoms with Gasteiger partial charge in [0.25, 0.3) is 0 Å². The van der Waals surface area contributed by atoms with Crippen LogP contribution >= 0.6 is 0 Å². The highest BCUT2D eigenvalue weighted by Crippen LogP contribution is 2.24. The highest BCUT2D eigenvalue weighted by atomic mass is 16.2. The Morgan fingerprint density at radius 2 is 2.35 bits per heavy atom. The average Bonchev–Trinajstić information content (AvgIpc) is 2.36. The van der Waals surface area contributed by atoms with Crippen LogP contribution in [0.5, 0.6) is 0 Å². The van der Waals surface area contributed by atoms with Crippen LogP contribution in [-0.2, 0) is 17.8 Å². The molecule has 90 valence electrons. The van der Waals surface area contributed by atoms with Gasteiger partial charge >= 0.3 is 0 Å². The van der Waals surface area contributed by atoms with Crippen molar-refractivity contribution in [2.75, 3.05) is 12.3 Å². The quantitative estimate of drug-likeness (QED) is 0.638. The third kappa shape index (κ3) is 2.49. The molecule has 1 aromatic rings. The van der Waals surface area contributed by atoms with Crippen LogP contribution in [0.15, 0.2) is 30.9 Å². The minimum Gasteiger partial charge on any atom is -0.398 e. The van der Waals surface area contributed by atoms with Gasteiger partial charge in [-0.1, -0.05) is 18.2 Å². The number of benzene rings is 1. The molecule has 0 radical (unpaired) electrons. The lowest BCUT2D eigenvalue weighted by atomic mass is 9.98. The highest BCUT2D eigenvalue weighted by Gasteiger charge is 2.21. The van der Waals surface area contributed by atoms with Crippen molar-refractivity contribution in [2.45, 2.75) is 25.8 Å². The molecular weight excluding hydrogens is 212 g/mol. The normalized spacial score (nSPS) is 14.2. The number of hydrogen-bond donors (Lipinski definition) is 1. The van der Waals surface area contributed by atoms with Crippen molar-refractivity contribution >= 4 is 11.6 Å². The summed E-state index contributed by atoms with van der Waals surface area (Å²) in [7, 11) is 0. The first-order chi connectivity index (χ1) is 8.22. The molecule has 0 spiro atoms. The summed E-state index contributed by atoms with van der Waals surface area (Å²) in [6.07, 6.45) is 3.97. The van der Waals surface area contributed by atoms with Gasteiger partial charge in [0.15, 0.2) is 0 Å². The third-order valence-electron chi connectivity index (χ3n) is 3.22. The van der Waals surface area contributed by atoms with Gasteiger partial charge in [0, 0.05) is 25.2 Å². The van der Waals surface area contributed by atoms with Gasteiger partial charge in [-0.2, -0.15) is 0 Å². The van der Waals surface area contributed by atoms with Crippen LogP contribution in [0.2, 0.25) is 0 Å². The zero-order valence-corrected chi connectivity index (χ0v) is 9.98. The van der Waals surface area contributed by atoms with Gasteiger partial charge in [-0.25, -0.2) is 0 Å². The molecule has 0 atom stereocenters. The van der Waals surface area contributed by atoms with Crippen molar-refractivity contribution < 1.29 is 4.79 Å². The van der Waals surface area contributed by atoms with Crippen LogP contribution in [0, 0.1) is 0 Å². The minimum atomic E-state index is 0.193. The van der Waals surface area contributed by atoms with Crippen molar-refractivity contribution in [3.05, 3.63) is 42.0 Å². The summed E-state index contributed by atoms with van der Waals surface area (Å²) in [5.74, 6) is 0.193. The fourth-order valence-electron chi connectivity index (χ4n) is 2.20. The molecule has 1 heterocycles. The van der Waals surface area contributed by atoms with Crippen molar-refractivity contribution in [1.29, 1.82) is 0 Å². The van der Waals surface area contributed by atoms with Gasteiger partial charge in [-0.05, 0) is 30.0 Å². The molecule has 0 saturated heterocycles. The maximum atomic E-state index is 11.9. The van der Waals surface area contributed by atoms with Gasteiger partial charge in [-0.3, -0.25) is 4.79 Å². The molecular formula is C14H18N2O. The molecule has 3 heteroatoms. The summed E-state index contributed by atoms with van der Waals surface area (Å²) in [6, 6.07) is 5.97. The molecule has 2 rings (SSSR count). The maximum Gasteiger partial charge on any atom is 0.223 e. The number of nitrogens with two attached hydrogens (primary N) is 1. The molecule has 1 amide bonds. The van der Waals surface area contributed by atoms with Crippen LogP contribution in [-0.4, -0.2) is 17.4 Å². The molecule has 0 fully saturated rings. The van der Waals surface area contributed by atoms with E-state index in [0.717, 1.165) is 30.6 Å². The monoisotopic (exact) mass is 230 g/mol. The maximum absolute atomic E-state index is 11.9. The summed E-state index contributed by atoms with van der Waals surface area (Å²) in [5, 5.41) is 0. The van der Waals surface area contributed by atoms with E-state index < -0.39 is 0 Å². The van der Waals surface area contributed by atoms with Gasteiger partial charge in [0.05, 0.1) is 0 Å². The second-order valence-corrected chi connectivity index (χ2v) is 4.38. The standard InChI is InChI=1S/C14H18N2O/c1-2-3-7-14(17)16-9-8-11-5-4-6-13(15)12(11)10-16/h2,4-6H,1,3,7-10,15H2. The van der Waals surface area contributed by atoms with Gasteiger partial charge in [0.2, 0.25) is 5.91 Å². The largest absolute Gasteiger partial charge is 0.398 e. The Morgan fingerprint density at radius 1 is 1.53 bits per heavy atom. The first-order valence-electron chi connectivity index (χ1n) is 5.97. The number of allylic oxidation sites excluding steroid dienone is 1. The van der Waals surface area contributed by atoms with E-state index >= 15 is 0 Å². The van der Waals surface area contributed by atoms with E-state index in [-0.39, 0.29) is 5.91 Å². The number of fused-ring (bicyclic) bond motifs is 1. The van der Waals surface area contributed by atoms with Crippen LogP contribution in [0.3, 0.4) is 0 Å². The first-order valence-corrected chi connectivity index (χ1v) is 5.97. The Balaban J connectivity index is 2.10. The van der Waals surface area contributed by atoms with E-state index in [1.165, 1.54) is 5.56 Å². The highest BCUT2D eigenvalue weighted by molar-refractivity contribution is 5.77.